The zero-order chi connectivity index (χ0) is 12.7. The fourth-order valence-electron chi connectivity index (χ4n) is 0.906. The van der Waals surface area contributed by atoms with Crippen molar-refractivity contribution in [2.24, 2.45) is 0 Å². The van der Waals surface area contributed by atoms with Crippen LogP contribution in [0.3, 0.4) is 0 Å². The van der Waals surface area contributed by atoms with Gasteiger partial charge in [-0.05, 0) is 6.07 Å². The summed E-state index contributed by atoms with van der Waals surface area (Å²) in [4.78, 5) is 0. The summed E-state index contributed by atoms with van der Waals surface area (Å²) in [6, 6.07) is 1.08. The number of hydrogen-bond acceptors (Lipinski definition) is 0. The Labute approximate surface area is 83.5 Å². The average molecular weight is 249 g/mol. The summed E-state index contributed by atoms with van der Waals surface area (Å²) >= 11 is 0. The highest BCUT2D eigenvalue weighted by atomic mass is 19.4. The first-order chi connectivity index (χ1) is 7.09. The third kappa shape index (κ3) is 1.83. The van der Waals surface area contributed by atoms with Crippen molar-refractivity contribution in [2.45, 2.75) is 12.1 Å². The second-order valence-corrected chi connectivity index (χ2v) is 2.71. The lowest BCUT2D eigenvalue weighted by Gasteiger charge is -2.20. The monoisotopic (exact) mass is 249 g/mol. The molecule has 0 aliphatic rings. The number of rotatable bonds is 1. The number of hydrogen-bond donors (Lipinski definition) is 0. The minimum absolute atomic E-state index is 0.132. The topological polar surface area (TPSA) is 0 Å². The van der Waals surface area contributed by atoms with Gasteiger partial charge in [0.2, 0.25) is 0 Å². The van der Waals surface area contributed by atoms with Gasteiger partial charge in [0.1, 0.15) is 11.4 Å². The lowest BCUT2D eigenvalue weighted by atomic mass is 10.1. The average Bonchev–Trinajstić information content (AvgIpc) is 2.10. The maximum Gasteiger partial charge on any atom is 0.458 e. The molecule has 1 rings (SSSR count). The fraction of sp³-hybridized carbons (Fsp3) is 0.250. The minimum Gasteiger partial charge on any atom is -0.206 e. The summed E-state index contributed by atoms with van der Waals surface area (Å²) in [6.07, 6.45) is -6.22. The molecule has 0 aromatic heterocycles. The van der Waals surface area contributed by atoms with Crippen molar-refractivity contribution >= 4 is 0 Å². The molecule has 0 bridgehead atoms. The van der Waals surface area contributed by atoms with Crippen LogP contribution < -0.4 is 0 Å². The molecule has 0 saturated carbocycles. The van der Waals surface area contributed by atoms with Gasteiger partial charge < -0.3 is 0 Å². The Hall–Kier alpha value is -1.34. The van der Waals surface area contributed by atoms with Crippen LogP contribution in [0.25, 0.3) is 0 Å². The van der Waals surface area contributed by atoms with Gasteiger partial charge in [0.15, 0.2) is 11.6 Å². The lowest BCUT2D eigenvalue weighted by Crippen LogP contribution is -2.35. The predicted octanol–water partition coefficient (Wildman–Crippen LogP) is 3.56. The van der Waals surface area contributed by atoms with Crippen LogP contribution in [0.2, 0.25) is 0 Å². The molecule has 0 N–H and O–H groups in total. The lowest BCUT2D eigenvalue weighted by molar-refractivity contribution is -0.291. The molecule has 0 heterocycles. The van der Waals surface area contributed by atoms with E-state index in [1.807, 2.05) is 0 Å². The van der Waals surface area contributed by atoms with Crippen LogP contribution in [0.1, 0.15) is 5.56 Å². The number of halogens is 8. The molecule has 0 nitrogen and oxygen atoms in total. The predicted molar refractivity (Wildman–Crippen MR) is 35.1 cm³/mol. The van der Waals surface area contributed by atoms with Crippen LogP contribution >= 0.6 is 0 Å². The molecular weight excluding hydrogens is 248 g/mol. The van der Waals surface area contributed by atoms with Crippen molar-refractivity contribution in [2.75, 3.05) is 0 Å². The van der Waals surface area contributed by atoms with Crippen molar-refractivity contribution < 1.29 is 35.1 Å². The molecule has 0 spiro atoms. The van der Waals surface area contributed by atoms with Gasteiger partial charge in [-0.2, -0.15) is 22.0 Å². The summed E-state index contributed by atoms with van der Waals surface area (Å²) in [6.45, 7) is 0. The molecule has 1 aromatic carbocycles. The Morgan fingerprint density at radius 3 is 1.88 bits per heavy atom. The summed E-state index contributed by atoms with van der Waals surface area (Å²) in [5, 5.41) is 0. The zero-order valence-corrected chi connectivity index (χ0v) is 7.10. The second kappa shape index (κ2) is 3.60. The normalized spacial score (nSPS) is 13.0. The van der Waals surface area contributed by atoms with E-state index in [0.717, 1.165) is 0 Å². The maximum atomic E-state index is 12.7. The Morgan fingerprint density at radius 2 is 1.44 bits per heavy atom. The quantitative estimate of drug-likeness (QED) is 0.527. The van der Waals surface area contributed by atoms with Crippen molar-refractivity contribution in [3.05, 3.63) is 35.1 Å². The minimum atomic E-state index is -6.22. The van der Waals surface area contributed by atoms with Gasteiger partial charge in [-0.15, -0.1) is 0 Å². The molecular formula is C8HF8. The van der Waals surface area contributed by atoms with Crippen molar-refractivity contribution in [3.63, 3.8) is 0 Å². The molecule has 0 unspecified atom stereocenters. The van der Waals surface area contributed by atoms with E-state index in [9.17, 15) is 35.1 Å². The van der Waals surface area contributed by atoms with Crippen LogP contribution in [-0.2, 0) is 5.92 Å². The highest BCUT2D eigenvalue weighted by Gasteiger charge is 2.61. The zero-order valence-electron chi connectivity index (χ0n) is 7.10. The summed E-state index contributed by atoms with van der Waals surface area (Å²) in [5.74, 6) is -12.7. The van der Waals surface area contributed by atoms with Crippen LogP contribution in [0, 0.1) is 23.5 Å². The van der Waals surface area contributed by atoms with E-state index in [0.29, 0.717) is 0 Å². The molecule has 1 radical (unpaired) electrons. The molecule has 8 heteroatoms. The van der Waals surface area contributed by atoms with Gasteiger partial charge >= 0.3 is 12.1 Å². The van der Waals surface area contributed by atoms with E-state index in [2.05, 4.69) is 0 Å². The summed E-state index contributed by atoms with van der Waals surface area (Å²) in [7, 11) is 0. The number of alkyl halides is 5. The summed E-state index contributed by atoms with van der Waals surface area (Å²) < 4.78 is 98.2. The van der Waals surface area contributed by atoms with Crippen molar-refractivity contribution in [1.29, 1.82) is 0 Å². The maximum absolute atomic E-state index is 12.7. The SMILES string of the molecule is Fc1[c]cc(F)c(C(F)(F)C(F)(F)F)c1F. The van der Waals surface area contributed by atoms with Crippen molar-refractivity contribution in [1.82, 2.24) is 0 Å². The Morgan fingerprint density at radius 1 is 0.938 bits per heavy atom. The van der Waals surface area contributed by atoms with Gasteiger partial charge in [0.05, 0.1) is 0 Å². The van der Waals surface area contributed by atoms with Crippen molar-refractivity contribution in [3.8, 4) is 0 Å². The van der Waals surface area contributed by atoms with E-state index < -0.39 is 35.1 Å². The Bertz CT molecular complexity index is 405. The molecule has 89 valence electrons. The van der Waals surface area contributed by atoms with E-state index in [1.54, 1.807) is 0 Å². The Kier molecular flexibility index (Phi) is 2.86. The first kappa shape index (κ1) is 12.7. The molecule has 0 fully saturated rings. The summed E-state index contributed by atoms with van der Waals surface area (Å²) in [5.41, 5.74) is -2.67. The molecule has 0 saturated heterocycles. The smallest absolute Gasteiger partial charge is 0.206 e. The van der Waals surface area contributed by atoms with Crippen LogP contribution in [-0.4, -0.2) is 6.18 Å². The highest BCUT2D eigenvalue weighted by Crippen LogP contribution is 2.45. The Balaban J connectivity index is 3.50. The molecule has 0 aliphatic heterocycles. The fourth-order valence-corrected chi connectivity index (χ4v) is 0.906. The number of benzene rings is 1. The van der Waals surface area contributed by atoms with Crippen LogP contribution in [0.5, 0.6) is 0 Å². The van der Waals surface area contributed by atoms with Crippen LogP contribution in [0.4, 0.5) is 35.1 Å². The largest absolute Gasteiger partial charge is 0.458 e. The van der Waals surface area contributed by atoms with Crippen LogP contribution in [0.15, 0.2) is 6.07 Å². The standard InChI is InChI=1S/C8HF8/c9-3-1-2-4(10)6(11)5(3)7(12,13)8(14,15)16/h1H. The van der Waals surface area contributed by atoms with E-state index in [1.165, 1.54) is 6.07 Å². The van der Waals surface area contributed by atoms with Gasteiger partial charge in [0.25, 0.3) is 0 Å². The molecule has 0 atom stereocenters. The third-order valence-corrected chi connectivity index (χ3v) is 1.65. The van der Waals surface area contributed by atoms with Gasteiger partial charge in [0, 0.05) is 6.07 Å². The molecule has 1 aromatic rings. The third-order valence-electron chi connectivity index (χ3n) is 1.65. The van der Waals surface area contributed by atoms with Gasteiger partial charge in [-0.1, -0.05) is 0 Å². The van der Waals surface area contributed by atoms with Gasteiger partial charge in [-0.25, -0.2) is 13.2 Å². The molecule has 16 heavy (non-hydrogen) atoms. The van der Waals surface area contributed by atoms with E-state index >= 15 is 0 Å². The van der Waals surface area contributed by atoms with Gasteiger partial charge in [-0.3, -0.25) is 0 Å². The van der Waals surface area contributed by atoms with E-state index in [4.69, 9.17) is 0 Å². The first-order valence-corrected chi connectivity index (χ1v) is 3.59. The van der Waals surface area contributed by atoms with E-state index in [-0.39, 0.29) is 6.07 Å². The highest BCUT2D eigenvalue weighted by molar-refractivity contribution is 5.26. The molecule has 0 aliphatic carbocycles. The molecule has 0 amide bonds. The first-order valence-electron chi connectivity index (χ1n) is 3.59. The second-order valence-electron chi connectivity index (χ2n) is 2.71.